The average Bonchev–Trinajstić information content (AvgIpc) is 2.24. The average molecular weight is 288 g/mol. The van der Waals surface area contributed by atoms with Gasteiger partial charge in [0.25, 0.3) is 0 Å². The number of carbonyl (C=O) groups excluding carboxylic acids is 2. The number of amides is 2. The number of hydrogen-bond donors (Lipinski definition) is 3. The fourth-order valence-corrected chi connectivity index (χ4v) is 1.32. The van der Waals surface area contributed by atoms with E-state index < -0.39 is 23.7 Å². The third kappa shape index (κ3) is 10.2. The van der Waals surface area contributed by atoms with Crippen molar-refractivity contribution in [3.63, 3.8) is 0 Å². The van der Waals surface area contributed by atoms with Gasteiger partial charge in [0.1, 0.15) is 11.6 Å². The molecule has 116 valence electrons. The summed E-state index contributed by atoms with van der Waals surface area (Å²) in [4.78, 5) is 33.4. The molecule has 0 aliphatic heterocycles. The number of carboxylic acid groups (broad SMARTS) is 1. The van der Waals surface area contributed by atoms with Crippen LogP contribution in [0.2, 0.25) is 0 Å². The van der Waals surface area contributed by atoms with Crippen LogP contribution in [-0.2, 0) is 14.3 Å². The summed E-state index contributed by atoms with van der Waals surface area (Å²) in [5.74, 6) is -1.18. The van der Waals surface area contributed by atoms with Crippen LogP contribution < -0.4 is 10.6 Å². The molecule has 0 aromatic carbocycles. The number of rotatable bonds is 7. The number of ether oxygens (including phenoxy) is 1. The minimum absolute atomic E-state index is 0.0849. The molecule has 1 atom stereocenters. The predicted molar refractivity (Wildman–Crippen MR) is 73.3 cm³/mol. The van der Waals surface area contributed by atoms with Gasteiger partial charge in [-0.15, -0.1) is 0 Å². The first-order valence-electron chi connectivity index (χ1n) is 6.61. The van der Waals surface area contributed by atoms with E-state index in [1.807, 2.05) is 0 Å². The fourth-order valence-electron chi connectivity index (χ4n) is 1.32. The van der Waals surface area contributed by atoms with E-state index in [0.717, 1.165) is 0 Å². The lowest BCUT2D eigenvalue weighted by Crippen LogP contribution is -2.46. The Bertz CT molecular complexity index is 349. The quantitative estimate of drug-likeness (QED) is 0.612. The molecule has 0 aromatic heterocycles. The summed E-state index contributed by atoms with van der Waals surface area (Å²) in [6.45, 7) is 7.14. The summed E-state index contributed by atoms with van der Waals surface area (Å²) in [5.41, 5.74) is -0.614. The summed E-state index contributed by atoms with van der Waals surface area (Å²) in [6.07, 6.45) is 0.522. The number of nitrogens with one attached hydrogen (secondary N) is 2. The molecule has 3 N–H and O–H groups in total. The van der Waals surface area contributed by atoms with Gasteiger partial charge in [-0.2, -0.15) is 0 Å². The molecule has 0 spiro atoms. The van der Waals surface area contributed by atoms with Gasteiger partial charge in [0.15, 0.2) is 0 Å². The number of unbranched alkanes of at least 4 members (excludes halogenated alkanes) is 1. The third-order valence-electron chi connectivity index (χ3n) is 2.24. The van der Waals surface area contributed by atoms with Crippen molar-refractivity contribution in [2.24, 2.45) is 0 Å². The Hall–Kier alpha value is -1.79. The summed E-state index contributed by atoms with van der Waals surface area (Å²) < 4.78 is 5.03. The Morgan fingerprint density at radius 2 is 1.80 bits per heavy atom. The first kappa shape index (κ1) is 18.2. The molecule has 7 heteroatoms. The van der Waals surface area contributed by atoms with Crippen LogP contribution in [0.4, 0.5) is 4.79 Å². The molecule has 0 aromatic rings. The van der Waals surface area contributed by atoms with Crippen molar-refractivity contribution in [3.05, 3.63) is 0 Å². The number of carbonyl (C=O) groups is 3. The molecule has 20 heavy (non-hydrogen) atoms. The topological polar surface area (TPSA) is 105 Å². The molecule has 2 amide bonds. The molecule has 0 rings (SSSR count). The Balaban J connectivity index is 3.86. The van der Waals surface area contributed by atoms with E-state index >= 15 is 0 Å². The molecule has 0 saturated carbocycles. The first-order valence-corrected chi connectivity index (χ1v) is 6.61. The van der Waals surface area contributed by atoms with E-state index in [1.54, 1.807) is 27.7 Å². The molecule has 1 unspecified atom stereocenters. The summed E-state index contributed by atoms with van der Waals surface area (Å²) in [5, 5.41) is 13.5. The van der Waals surface area contributed by atoms with Crippen LogP contribution in [0.25, 0.3) is 0 Å². The number of hydrogen-bond acceptors (Lipinski definition) is 4. The minimum Gasteiger partial charge on any atom is -0.481 e. The third-order valence-corrected chi connectivity index (χ3v) is 2.24. The van der Waals surface area contributed by atoms with Crippen molar-refractivity contribution in [1.82, 2.24) is 10.6 Å². The van der Waals surface area contributed by atoms with Crippen LogP contribution in [0.3, 0.4) is 0 Å². The smallest absolute Gasteiger partial charge is 0.408 e. The van der Waals surface area contributed by atoms with Gasteiger partial charge in [-0.3, -0.25) is 9.59 Å². The van der Waals surface area contributed by atoms with E-state index in [9.17, 15) is 14.4 Å². The van der Waals surface area contributed by atoms with E-state index in [1.165, 1.54) is 0 Å². The molecule has 0 radical (unpaired) electrons. The van der Waals surface area contributed by atoms with Gasteiger partial charge in [-0.25, -0.2) is 4.79 Å². The van der Waals surface area contributed by atoms with E-state index in [4.69, 9.17) is 9.84 Å². The zero-order valence-electron chi connectivity index (χ0n) is 12.5. The normalized spacial score (nSPS) is 12.4. The maximum absolute atomic E-state index is 11.6. The zero-order valence-corrected chi connectivity index (χ0v) is 12.5. The van der Waals surface area contributed by atoms with Crippen molar-refractivity contribution in [3.8, 4) is 0 Å². The second-order valence-electron chi connectivity index (χ2n) is 5.51. The number of carboxylic acids is 1. The predicted octanol–water partition coefficient (Wildman–Crippen LogP) is 1.27. The second kappa shape index (κ2) is 8.39. The van der Waals surface area contributed by atoms with E-state index in [-0.39, 0.29) is 12.3 Å². The molecule has 0 aliphatic carbocycles. The van der Waals surface area contributed by atoms with Gasteiger partial charge in [0.2, 0.25) is 5.91 Å². The monoisotopic (exact) mass is 288 g/mol. The Morgan fingerprint density at radius 1 is 1.20 bits per heavy atom. The molecule has 0 aliphatic rings. The van der Waals surface area contributed by atoms with Crippen molar-refractivity contribution in [1.29, 1.82) is 0 Å². The van der Waals surface area contributed by atoms with Crippen molar-refractivity contribution >= 4 is 18.0 Å². The molecule has 0 fully saturated rings. The Kier molecular flexibility index (Phi) is 7.64. The minimum atomic E-state index is -0.851. The molecular formula is C13H24N2O5. The lowest BCUT2D eigenvalue weighted by Gasteiger charge is -2.21. The number of aliphatic carboxylic acids is 1. The first-order chi connectivity index (χ1) is 9.11. The van der Waals surface area contributed by atoms with E-state index in [2.05, 4.69) is 10.6 Å². The van der Waals surface area contributed by atoms with Gasteiger partial charge in [0, 0.05) is 13.0 Å². The highest BCUT2D eigenvalue weighted by Gasteiger charge is 2.20. The lowest BCUT2D eigenvalue weighted by atomic mass is 10.2. The standard InChI is InChI=1S/C13H24N2O5/c1-9(15-12(19)20-13(2,3)4)11(18)14-8-6-5-7-10(16)17/h9H,5-8H2,1-4H3,(H,14,18)(H,15,19)(H,16,17). The summed E-state index contributed by atoms with van der Waals surface area (Å²) in [6, 6.07) is -0.704. The zero-order chi connectivity index (χ0) is 15.8. The van der Waals surface area contributed by atoms with Crippen LogP contribution >= 0.6 is 0 Å². The highest BCUT2D eigenvalue weighted by Crippen LogP contribution is 2.06. The Morgan fingerprint density at radius 3 is 2.30 bits per heavy atom. The van der Waals surface area contributed by atoms with Crippen LogP contribution in [0.1, 0.15) is 47.0 Å². The van der Waals surface area contributed by atoms with Crippen LogP contribution in [0.15, 0.2) is 0 Å². The maximum Gasteiger partial charge on any atom is 0.408 e. The van der Waals surface area contributed by atoms with Crippen LogP contribution in [-0.4, -0.2) is 41.3 Å². The highest BCUT2D eigenvalue weighted by atomic mass is 16.6. The molecule has 7 nitrogen and oxygen atoms in total. The van der Waals surface area contributed by atoms with Crippen molar-refractivity contribution in [2.45, 2.75) is 58.6 Å². The molecule has 0 heterocycles. The van der Waals surface area contributed by atoms with Gasteiger partial charge >= 0.3 is 12.1 Å². The van der Waals surface area contributed by atoms with Crippen LogP contribution in [0, 0.1) is 0 Å². The molecule has 0 bridgehead atoms. The van der Waals surface area contributed by atoms with E-state index in [0.29, 0.717) is 19.4 Å². The van der Waals surface area contributed by atoms with Gasteiger partial charge in [-0.1, -0.05) is 0 Å². The largest absolute Gasteiger partial charge is 0.481 e. The SMILES string of the molecule is CC(NC(=O)OC(C)(C)C)C(=O)NCCCCC(=O)O. The summed E-state index contributed by atoms with van der Waals surface area (Å²) in [7, 11) is 0. The summed E-state index contributed by atoms with van der Waals surface area (Å²) >= 11 is 0. The second-order valence-corrected chi connectivity index (χ2v) is 5.51. The van der Waals surface area contributed by atoms with Gasteiger partial charge in [0.05, 0.1) is 0 Å². The van der Waals surface area contributed by atoms with Crippen molar-refractivity contribution in [2.75, 3.05) is 6.54 Å². The van der Waals surface area contributed by atoms with Gasteiger partial charge in [-0.05, 0) is 40.5 Å². The fraction of sp³-hybridized carbons (Fsp3) is 0.769. The Labute approximate surface area is 119 Å². The molecular weight excluding hydrogens is 264 g/mol. The molecule has 0 saturated heterocycles. The van der Waals surface area contributed by atoms with Crippen molar-refractivity contribution < 1.29 is 24.2 Å². The number of alkyl carbamates (subject to hydrolysis) is 1. The maximum atomic E-state index is 11.6. The lowest BCUT2D eigenvalue weighted by molar-refractivity contribution is -0.137. The highest BCUT2D eigenvalue weighted by molar-refractivity contribution is 5.85. The van der Waals surface area contributed by atoms with Gasteiger partial charge < -0.3 is 20.5 Å². The van der Waals surface area contributed by atoms with Crippen LogP contribution in [0.5, 0.6) is 0 Å².